The second kappa shape index (κ2) is 8.20. The number of nitrogens with zero attached hydrogens (tertiary/aromatic N) is 4. The minimum absolute atomic E-state index is 0.0981. The first-order valence-corrected chi connectivity index (χ1v) is 11.1. The van der Waals surface area contributed by atoms with Gasteiger partial charge in [-0.05, 0) is 58.7 Å². The van der Waals surface area contributed by atoms with E-state index in [0.717, 1.165) is 35.3 Å². The molecule has 168 valence electrons. The number of aromatic nitrogens is 3. The first-order chi connectivity index (χ1) is 15.1. The highest BCUT2D eigenvalue weighted by molar-refractivity contribution is 6.33. The van der Waals surface area contributed by atoms with Crippen LogP contribution in [0.2, 0.25) is 5.02 Å². The highest BCUT2D eigenvalue weighted by Gasteiger charge is 2.31. The molecule has 1 aliphatic rings. The van der Waals surface area contributed by atoms with Gasteiger partial charge in [-0.2, -0.15) is 5.10 Å². The largest absolute Gasteiger partial charge is 0.332 e. The number of carbonyl (C=O) groups is 2. The lowest BCUT2D eigenvalue weighted by Gasteiger charge is -2.21. The number of amides is 2. The summed E-state index contributed by atoms with van der Waals surface area (Å²) in [5, 5.41) is 8.66. The third-order valence-electron chi connectivity index (χ3n) is 5.57. The molecule has 2 amide bonds. The zero-order valence-electron chi connectivity index (χ0n) is 19.1. The average molecular weight is 454 g/mol. The molecule has 1 saturated carbocycles. The number of halogens is 1. The van der Waals surface area contributed by atoms with Crippen LogP contribution in [0.5, 0.6) is 0 Å². The van der Waals surface area contributed by atoms with Gasteiger partial charge in [-0.15, -0.1) is 0 Å². The van der Waals surface area contributed by atoms with Crippen LogP contribution >= 0.6 is 11.6 Å². The Morgan fingerprint density at radius 1 is 1.25 bits per heavy atom. The van der Waals surface area contributed by atoms with Gasteiger partial charge < -0.3 is 10.2 Å². The van der Waals surface area contributed by atoms with Crippen LogP contribution in [0.1, 0.15) is 61.3 Å². The molecule has 0 bridgehead atoms. The highest BCUT2D eigenvalue weighted by atomic mass is 35.5. The maximum absolute atomic E-state index is 13.5. The van der Waals surface area contributed by atoms with Gasteiger partial charge >= 0.3 is 0 Å². The van der Waals surface area contributed by atoms with Gasteiger partial charge in [-0.3, -0.25) is 9.59 Å². The summed E-state index contributed by atoms with van der Waals surface area (Å²) in [6, 6.07) is 8.89. The molecule has 8 heteroatoms. The molecule has 2 aromatic heterocycles. The third-order valence-corrected chi connectivity index (χ3v) is 5.90. The molecule has 0 unspecified atom stereocenters. The van der Waals surface area contributed by atoms with Crippen LogP contribution in [-0.4, -0.2) is 45.1 Å². The standard InChI is InChI=1S/C24H28ClN5O2/c1-14-21-16(12-19(15-10-11-15)27-22(21)30(28-14)24(2,3)4)23(32)29(5)13-20(31)26-18-9-7-6-8-17(18)25/h6-9,12,15H,10-11,13H2,1-5H3,(H,26,31). The van der Waals surface area contributed by atoms with E-state index in [2.05, 4.69) is 26.1 Å². The van der Waals surface area contributed by atoms with Crippen molar-refractivity contribution >= 4 is 40.1 Å². The lowest BCUT2D eigenvalue weighted by molar-refractivity contribution is -0.116. The fraction of sp³-hybridized carbons (Fsp3) is 0.417. The quantitative estimate of drug-likeness (QED) is 0.605. The number of nitrogens with one attached hydrogen (secondary N) is 1. The van der Waals surface area contributed by atoms with E-state index in [9.17, 15) is 9.59 Å². The Morgan fingerprint density at radius 3 is 2.56 bits per heavy atom. The van der Waals surface area contributed by atoms with Gasteiger partial charge in [-0.1, -0.05) is 23.7 Å². The second-order valence-corrected chi connectivity index (χ2v) is 9.83. The number of fused-ring (bicyclic) bond motifs is 1. The Labute approximate surface area is 192 Å². The van der Waals surface area contributed by atoms with Crippen molar-refractivity contribution in [2.24, 2.45) is 0 Å². The molecule has 1 aromatic carbocycles. The zero-order valence-corrected chi connectivity index (χ0v) is 19.8. The first-order valence-electron chi connectivity index (χ1n) is 10.8. The molecule has 0 atom stereocenters. The van der Waals surface area contributed by atoms with Crippen molar-refractivity contribution in [2.45, 2.75) is 52.0 Å². The number of pyridine rings is 1. The topological polar surface area (TPSA) is 80.1 Å². The minimum Gasteiger partial charge on any atom is -0.332 e. The van der Waals surface area contributed by atoms with E-state index in [0.29, 0.717) is 22.2 Å². The van der Waals surface area contributed by atoms with E-state index in [-0.39, 0.29) is 23.9 Å². The summed E-state index contributed by atoms with van der Waals surface area (Å²) in [6.07, 6.45) is 2.15. The number of likely N-dealkylation sites (N-methyl/N-ethyl adjacent to an activating group) is 1. The molecular formula is C24H28ClN5O2. The molecule has 0 aliphatic heterocycles. The van der Waals surface area contributed by atoms with Crippen molar-refractivity contribution in [3.8, 4) is 0 Å². The summed E-state index contributed by atoms with van der Waals surface area (Å²) in [5.41, 5.74) is 3.17. The van der Waals surface area contributed by atoms with Gasteiger partial charge in [0, 0.05) is 18.7 Å². The molecule has 0 radical (unpaired) electrons. The Morgan fingerprint density at radius 2 is 1.94 bits per heavy atom. The Bertz CT molecular complexity index is 1210. The zero-order chi connectivity index (χ0) is 23.2. The number of carbonyl (C=O) groups excluding carboxylic acids is 2. The van der Waals surface area contributed by atoms with E-state index < -0.39 is 0 Å². The SMILES string of the molecule is Cc1nn(C(C)(C)C)c2nc(C3CC3)cc(C(=O)N(C)CC(=O)Nc3ccccc3Cl)c12. The number of anilines is 1. The molecule has 2 heterocycles. The van der Waals surface area contributed by atoms with Crippen molar-refractivity contribution in [1.29, 1.82) is 0 Å². The molecule has 1 fully saturated rings. The van der Waals surface area contributed by atoms with Gasteiger partial charge in [0.2, 0.25) is 5.91 Å². The Kier molecular flexibility index (Phi) is 5.71. The molecule has 0 spiro atoms. The monoisotopic (exact) mass is 453 g/mol. The summed E-state index contributed by atoms with van der Waals surface area (Å²) >= 11 is 6.13. The van der Waals surface area contributed by atoms with Crippen LogP contribution < -0.4 is 5.32 Å². The molecule has 1 aliphatic carbocycles. The number of para-hydroxylation sites is 1. The summed E-state index contributed by atoms with van der Waals surface area (Å²) in [4.78, 5) is 32.4. The summed E-state index contributed by atoms with van der Waals surface area (Å²) < 4.78 is 1.89. The highest BCUT2D eigenvalue weighted by Crippen LogP contribution is 2.41. The number of hydrogen-bond donors (Lipinski definition) is 1. The lowest BCUT2D eigenvalue weighted by Crippen LogP contribution is -2.35. The van der Waals surface area contributed by atoms with Gasteiger partial charge in [0.15, 0.2) is 5.65 Å². The number of aryl methyl sites for hydroxylation is 1. The van der Waals surface area contributed by atoms with Gasteiger partial charge in [0.05, 0.1) is 39.4 Å². The number of hydrogen-bond acceptors (Lipinski definition) is 4. The van der Waals surface area contributed by atoms with Crippen LogP contribution in [0, 0.1) is 6.92 Å². The molecule has 7 nitrogen and oxygen atoms in total. The normalized spacial score (nSPS) is 13.9. The van der Waals surface area contributed by atoms with E-state index in [1.807, 2.05) is 17.7 Å². The second-order valence-electron chi connectivity index (χ2n) is 9.42. The molecule has 32 heavy (non-hydrogen) atoms. The van der Waals surface area contributed by atoms with Crippen LogP contribution in [0.25, 0.3) is 11.0 Å². The number of rotatable bonds is 5. The fourth-order valence-electron chi connectivity index (χ4n) is 3.78. The molecular weight excluding hydrogens is 426 g/mol. The average Bonchev–Trinajstić information content (AvgIpc) is 3.51. The minimum atomic E-state index is -0.316. The molecule has 4 rings (SSSR count). The molecule has 1 N–H and O–H groups in total. The van der Waals surface area contributed by atoms with Crippen molar-refractivity contribution in [3.63, 3.8) is 0 Å². The molecule has 0 saturated heterocycles. The van der Waals surface area contributed by atoms with E-state index in [1.54, 1.807) is 31.3 Å². The van der Waals surface area contributed by atoms with Crippen molar-refractivity contribution < 1.29 is 9.59 Å². The van der Waals surface area contributed by atoms with Gasteiger partial charge in [0.1, 0.15) is 0 Å². The first kappa shape index (κ1) is 22.3. The lowest BCUT2D eigenvalue weighted by atomic mass is 10.1. The van der Waals surface area contributed by atoms with Crippen molar-refractivity contribution in [2.75, 3.05) is 18.9 Å². The Balaban J connectivity index is 1.66. The Hall–Kier alpha value is -2.93. The smallest absolute Gasteiger partial charge is 0.254 e. The van der Waals surface area contributed by atoms with Crippen LogP contribution in [0.3, 0.4) is 0 Å². The van der Waals surface area contributed by atoms with E-state index in [1.165, 1.54) is 4.90 Å². The number of benzene rings is 1. The summed E-state index contributed by atoms with van der Waals surface area (Å²) in [6.45, 7) is 7.99. The maximum atomic E-state index is 13.5. The summed E-state index contributed by atoms with van der Waals surface area (Å²) in [5.74, 6) is -0.169. The van der Waals surface area contributed by atoms with Crippen LogP contribution in [-0.2, 0) is 10.3 Å². The van der Waals surface area contributed by atoms with Crippen LogP contribution in [0.4, 0.5) is 5.69 Å². The van der Waals surface area contributed by atoms with Crippen molar-refractivity contribution in [1.82, 2.24) is 19.7 Å². The van der Waals surface area contributed by atoms with Crippen LogP contribution in [0.15, 0.2) is 30.3 Å². The van der Waals surface area contributed by atoms with Gasteiger partial charge in [-0.25, -0.2) is 9.67 Å². The van der Waals surface area contributed by atoms with Gasteiger partial charge in [0.25, 0.3) is 5.91 Å². The summed E-state index contributed by atoms with van der Waals surface area (Å²) in [7, 11) is 1.63. The van der Waals surface area contributed by atoms with E-state index in [4.69, 9.17) is 21.7 Å². The third kappa shape index (κ3) is 4.35. The predicted octanol–water partition coefficient (Wildman–Crippen LogP) is 4.74. The predicted molar refractivity (Wildman–Crippen MR) is 126 cm³/mol. The maximum Gasteiger partial charge on any atom is 0.254 e. The fourth-order valence-corrected chi connectivity index (χ4v) is 3.96. The molecule has 3 aromatic rings. The van der Waals surface area contributed by atoms with E-state index >= 15 is 0 Å². The van der Waals surface area contributed by atoms with Crippen molar-refractivity contribution in [3.05, 3.63) is 52.3 Å².